The number of para-hydroxylation sites is 1. The first-order valence-electron chi connectivity index (χ1n) is 12.2. The Morgan fingerprint density at radius 3 is 2.51 bits per heavy atom. The Labute approximate surface area is 225 Å². The number of hydrogen-bond acceptors (Lipinski definition) is 11. The monoisotopic (exact) mass is 571 g/mol. The molecule has 0 amide bonds. The summed E-state index contributed by atoms with van der Waals surface area (Å²) in [6.45, 7) is 6.25. The van der Waals surface area contributed by atoms with Crippen molar-refractivity contribution in [2.24, 2.45) is 5.73 Å². The van der Waals surface area contributed by atoms with E-state index in [1.165, 1.54) is 45.2 Å². The highest BCUT2D eigenvalue weighted by molar-refractivity contribution is 7.52. The summed E-state index contributed by atoms with van der Waals surface area (Å²) in [7, 11) is -4.43. The van der Waals surface area contributed by atoms with Gasteiger partial charge in [-0.05, 0) is 52.8 Å². The Morgan fingerprint density at radius 2 is 1.95 bits per heavy atom. The van der Waals surface area contributed by atoms with E-state index in [0.717, 1.165) is 4.57 Å². The molecule has 6 N–H and O–H groups in total. The van der Waals surface area contributed by atoms with Crippen molar-refractivity contribution < 1.29 is 37.4 Å². The van der Waals surface area contributed by atoms with Crippen molar-refractivity contribution in [1.29, 1.82) is 0 Å². The summed E-state index contributed by atoms with van der Waals surface area (Å²) in [4.78, 5) is 28.5. The van der Waals surface area contributed by atoms with Gasteiger partial charge in [-0.1, -0.05) is 18.2 Å². The number of nitrogens with two attached hydrogens (primary N) is 2. The van der Waals surface area contributed by atoms with Crippen molar-refractivity contribution in [2.75, 3.05) is 12.4 Å². The molecule has 1 saturated heterocycles. The van der Waals surface area contributed by atoms with Gasteiger partial charge < -0.3 is 30.6 Å². The van der Waals surface area contributed by atoms with E-state index in [1.807, 2.05) is 0 Å². The second kappa shape index (κ2) is 11.7. The lowest BCUT2D eigenvalue weighted by atomic mass is 9.86. The molecule has 6 atom stereocenters. The van der Waals surface area contributed by atoms with Crippen LogP contribution in [0.1, 0.15) is 40.8 Å². The van der Waals surface area contributed by atoms with E-state index in [9.17, 15) is 23.7 Å². The second-order valence-electron chi connectivity index (χ2n) is 10.1. The molecular formula is C24H35FN5O8P. The highest BCUT2D eigenvalue weighted by atomic mass is 31.2. The minimum Gasteiger partial charge on any atom is -0.462 e. The van der Waals surface area contributed by atoms with Crippen LogP contribution in [-0.2, 0) is 23.4 Å². The van der Waals surface area contributed by atoms with E-state index in [4.69, 9.17) is 30.0 Å². The molecule has 1 aliphatic rings. The van der Waals surface area contributed by atoms with E-state index < -0.39 is 67.8 Å². The first kappa shape index (κ1) is 30.7. The van der Waals surface area contributed by atoms with Crippen molar-refractivity contribution in [2.45, 2.75) is 76.3 Å². The smallest absolute Gasteiger partial charge is 0.460 e. The van der Waals surface area contributed by atoms with Crippen LogP contribution in [0.2, 0.25) is 0 Å². The van der Waals surface area contributed by atoms with Crippen LogP contribution in [0.15, 0.2) is 47.4 Å². The highest BCUT2D eigenvalue weighted by Gasteiger charge is 2.61. The van der Waals surface area contributed by atoms with Gasteiger partial charge in [0, 0.05) is 6.20 Å². The van der Waals surface area contributed by atoms with Gasteiger partial charge in [-0.25, -0.2) is 13.8 Å². The van der Waals surface area contributed by atoms with Gasteiger partial charge in [0.15, 0.2) is 6.23 Å². The summed E-state index contributed by atoms with van der Waals surface area (Å²) in [6.07, 6.45) is -3.92. The minimum absolute atomic E-state index is 0.0759. The zero-order valence-corrected chi connectivity index (χ0v) is 23.2. The Bertz CT molecular complexity index is 1260. The van der Waals surface area contributed by atoms with Gasteiger partial charge in [-0.15, -0.1) is 0 Å². The van der Waals surface area contributed by atoms with Gasteiger partial charge in [-0.3, -0.25) is 13.9 Å². The number of esters is 1. The van der Waals surface area contributed by atoms with E-state index in [1.54, 1.807) is 32.0 Å². The average Bonchev–Trinajstić information content (AvgIpc) is 3.10. The number of aliphatic hydroxyl groups is 1. The molecule has 1 aliphatic heterocycles. The van der Waals surface area contributed by atoms with Crippen LogP contribution in [0.5, 0.6) is 5.75 Å². The summed E-state index contributed by atoms with van der Waals surface area (Å²) in [5, 5.41) is 13.7. The fraction of sp³-hybridized carbons (Fsp3) is 0.542. The largest absolute Gasteiger partial charge is 0.462 e. The van der Waals surface area contributed by atoms with Crippen molar-refractivity contribution in [3.63, 3.8) is 0 Å². The average molecular weight is 572 g/mol. The first-order valence-corrected chi connectivity index (χ1v) is 13.7. The maximum Gasteiger partial charge on any atom is 0.460 e. The third-order valence-electron chi connectivity index (χ3n) is 5.97. The molecule has 13 nitrogen and oxygen atoms in total. The third kappa shape index (κ3) is 6.83. The Kier molecular flexibility index (Phi) is 9.20. The van der Waals surface area contributed by atoms with Gasteiger partial charge in [0.1, 0.15) is 47.6 Å². The number of ether oxygens (including phenoxy) is 2. The summed E-state index contributed by atoms with van der Waals surface area (Å²) < 4.78 is 51.9. The van der Waals surface area contributed by atoms with Crippen molar-refractivity contribution in [3.8, 4) is 5.75 Å². The number of nitrogens with zero attached hydrogens (tertiary/aromatic N) is 2. The summed E-state index contributed by atoms with van der Waals surface area (Å²) in [6, 6.07) is 8.18. The molecule has 1 aromatic heterocycles. The van der Waals surface area contributed by atoms with E-state index in [-0.39, 0.29) is 11.6 Å². The lowest BCUT2D eigenvalue weighted by Crippen LogP contribution is -2.59. The SMILES string of the molecule is CC(C)OC(=O)[C@H](C)NP(=O)(Oc1ccccc1)OC(C)(C)[C@H]1O[C@@H](n2ccc(N)nc2=O)[C@@](N)(CF)C1O. The third-order valence-corrected chi connectivity index (χ3v) is 7.84. The lowest BCUT2D eigenvalue weighted by Gasteiger charge is -2.37. The molecule has 1 fully saturated rings. The number of carbonyl (C=O) groups is 1. The number of aromatic nitrogens is 2. The van der Waals surface area contributed by atoms with E-state index in [2.05, 4.69) is 10.1 Å². The Hall–Kier alpha value is -2.87. The van der Waals surface area contributed by atoms with Crippen LogP contribution in [-0.4, -0.2) is 62.8 Å². The minimum atomic E-state index is -4.43. The number of benzene rings is 1. The van der Waals surface area contributed by atoms with Crippen molar-refractivity contribution in [1.82, 2.24) is 14.6 Å². The summed E-state index contributed by atoms with van der Waals surface area (Å²) in [5.41, 5.74) is 7.08. The molecular weight excluding hydrogens is 536 g/mol. The molecule has 15 heteroatoms. The van der Waals surface area contributed by atoms with Gasteiger partial charge in [0.25, 0.3) is 0 Å². The summed E-state index contributed by atoms with van der Waals surface area (Å²) >= 11 is 0. The van der Waals surface area contributed by atoms with Crippen molar-refractivity contribution >= 4 is 19.5 Å². The Balaban J connectivity index is 1.95. The van der Waals surface area contributed by atoms with Crippen LogP contribution in [0.3, 0.4) is 0 Å². The summed E-state index contributed by atoms with van der Waals surface area (Å²) in [5.74, 6) is -0.641. The molecule has 2 unspecified atom stereocenters. The molecule has 0 bridgehead atoms. The Morgan fingerprint density at radius 1 is 1.31 bits per heavy atom. The number of carbonyl (C=O) groups excluding carboxylic acids is 1. The number of aliphatic hydroxyl groups excluding tert-OH is 1. The zero-order chi connectivity index (χ0) is 29.2. The van der Waals surface area contributed by atoms with E-state index in [0.29, 0.717) is 0 Å². The fourth-order valence-corrected chi connectivity index (χ4v) is 5.91. The molecule has 0 radical (unpaired) electrons. The second-order valence-corrected chi connectivity index (χ2v) is 11.7. The van der Waals surface area contributed by atoms with Gasteiger partial charge in [0.2, 0.25) is 0 Å². The van der Waals surface area contributed by atoms with Crippen LogP contribution in [0.4, 0.5) is 10.2 Å². The number of nitrogen functional groups attached to an aromatic ring is 1. The van der Waals surface area contributed by atoms with Crippen LogP contribution < -0.4 is 26.8 Å². The predicted molar refractivity (Wildman–Crippen MR) is 139 cm³/mol. The molecule has 2 heterocycles. The number of rotatable bonds is 11. The van der Waals surface area contributed by atoms with Crippen LogP contribution in [0.25, 0.3) is 0 Å². The molecule has 39 heavy (non-hydrogen) atoms. The van der Waals surface area contributed by atoms with E-state index >= 15 is 0 Å². The number of alkyl halides is 1. The molecule has 0 spiro atoms. The number of hydrogen-bond donors (Lipinski definition) is 4. The van der Waals surface area contributed by atoms with Gasteiger partial charge in [-0.2, -0.15) is 10.1 Å². The molecule has 1 aromatic carbocycles. The molecule has 2 aromatic rings. The number of anilines is 1. The van der Waals surface area contributed by atoms with Crippen LogP contribution in [0, 0.1) is 0 Å². The maximum atomic E-state index is 14.3. The fourth-order valence-electron chi connectivity index (χ4n) is 4.06. The lowest BCUT2D eigenvalue weighted by molar-refractivity contribution is -0.149. The first-order chi connectivity index (χ1) is 18.1. The molecule has 3 rings (SSSR count). The van der Waals surface area contributed by atoms with Crippen LogP contribution >= 0.6 is 7.75 Å². The van der Waals surface area contributed by atoms with Gasteiger partial charge in [0.05, 0.1) is 6.10 Å². The number of nitrogens with one attached hydrogen (secondary N) is 1. The standard InChI is InChI=1S/C24H35FN5O8P/c1-14(2)35-20(32)15(3)29-39(34,37-16-9-7-6-8-10-16)38-23(4,5)19-18(31)24(27,13-25)21(36-19)30-12-11-17(26)28-22(30)33/h6-12,14-15,18-19,21,31H,13,27H2,1-5H3,(H,29,34)(H2,26,28,33)/t15-,18?,19-,21+,24+,39?/m0/s1. The number of halogens is 1. The maximum absolute atomic E-state index is 14.3. The van der Waals surface area contributed by atoms with Crippen molar-refractivity contribution in [3.05, 3.63) is 53.1 Å². The van der Waals surface area contributed by atoms with Gasteiger partial charge >= 0.3 is 19.4 Å². The normalized spacial score (nSPS) is 25.7. The molecule has 0 saturated carbocycles. The topological polar surface area (TPSA) is 190 Å². The quantitative estimate of drug-likeness (QED) is 0.226. The highest BCUT2D eigenvalue weighted by Crippen LogP contribution is 2.52. The molecule has 216 valence electrons. The zero-order valence-electron chi connectivity index (χ0n) is 22.3. The predicted octanol–water partition coefficient (Wildman–Crippen LogP) is 1.66. The molecule has 0 aliphatic carbocycles.